The van der Waals surface area contributed by atoms with Crippen molar-refractivity contribution in [2.24, 2.45) is 0 Å². The van der Waals surface area contributed by atoms with Gasteiger partial charge in [-0.05, 0) is 51.8 Å². The smallest absolute Gasteiger partial charge is 0.122 e. The van der Waals surface area contributed by atoms with E-state index in [1.807, 2.05) is 13.8 Å². The molecule has 0 aliphatic carbocycles. The summed E-state index contributed by atoms with van der Waals surface area (Å²) in [6.45, 7) is 10.4. The highest BCUT2D eigenvalue weighted by molar-refractivity contribution is 7.12. The first-order chi connectivity index (χ1) is 8.88. The Morgan fingerprint density at radius 1 is 1.32 bits per heavy atom. The molecule has 1 atom stereocenters. The lowest BCUT2D eigenvalue weighted by molar-refractivity contribution is 0.632. The number of rotatable bonds is 2. The van der Waals surface area contributed by atoms with Gasteiger partial charge in [-0.1, -0.05) is 0 Å². The summed E-state index contributed by atoms with van der Waals surface area (Å²) in [6, 6.07) is 4.58. The molecule has 0 aromatic carbocycles. The normalized spacial score (nSPS) is 12.4. The van der Waals surface area contributed by atoms with Crippen LogP contribution in [-0.4, -0.2) is 4.57 Å². The van der Waals surface area contributed by atoms with E-state index in [0.717, 1.165) is 11.3 Å². The van der Waals surface area contributed by atoms with Crippen molar-refractivity contribution in [3.05, 3.63) is 38.2 Å². The number of thiophene rings is 1. The predicted octanol–water partition coefficient (Wildman–Crippen LogP) is 3.85. The maximum Gasteiger partial charge on any atom is 0.122 e. The van der Waals surface area contributed by atoms with Gasteiger partial charge in [0.1, 0.15) is 11.9 Å². The van der Waals surface area contributed by atoms with E-state index >= 15 is 0 Å². The number of aryl methyl sites for hydroxylation is 2. The van der Waals surface area contributed by atoms with Gasteiger partial charge in [0, 0.05) is 15.4 Å². The molecule has 2 aromatic rings. The maximum atomic E-state index is 9.21. The second kappa shape index (κ2) is 4.75. The molecule has 2 heterocycles. The third-order valence-electron chi connectivity index (χ3n) is 3.82. The van der Waals surface area contributed by atoms with Gasteiger partial charge >= 0.3 is 0 Å². The molecule has 0 amide bonds. The minimum Gasteiger partial charge on any atom is -0.384 e. The molecule has 0 spiro atoms. The Bertz CT molecular complexity index is 671. The Morgan fingerprint density at radius 2 is 1.95 bits per heavy atom. The van der Waals surface area contributed by atoms with E-state index in [1.54, 1.807) is 11.3 Å². The van der Waals surface area contributed by atoms with Crippen molar-refractivity contribution in [3.8, 4) is 6.07 Å². The van der Waals surface area contributed by atoms with E-state index in [4.69, 9.17) is 5.73 Å². The standard InChI is InChI=1S/C15H19N3S/c1-8-6-13(12(5)19-8)11(4)18-10(3)9(2)14(7-16)15(18)17/h6,11H,17H2,1-5H3. The topological polar surface area (TPSA) is 54.7 Å². The summed E-state index contributed by atoms with van der Waals surface area (Å²) < 4.78 is 2.07. The zero-order valence-corrected chi connectivity index (χ0v) is 12.9. The molecule has 0 fully saturated rings. The van der Waals surface area contributed by atoms with Gasteiger partial charge in [-0.3, -0.25) is 0 Å². The van der Waals surface area contributed by atoms with Crippen molar-refractivity contribution in [1.29, 1.82) is 5.26 Å². The minimum atomic E-state index is 0.158. The lowest BCUT2D eigenvalue weighted by Gasteiger charge is -2.18. The third kappa shape index (κ3) is 2.04. The molecule has 2 N–H and O–H groups in total. The van der Waals surface area contributed by atoms with Crippen LogP contribution in [0.5, 0.6) is 0 Å². The van der Waals surface area contributed by atoms with Crippen molar-refractivity contribution in [2.75, 3.05) is 5.73 Å². The van der Waals surface area contributed by atoms with Crippen LogP contribution in [0.1, 0.15) is 45.1 Å². The SMILES string of the molecule is Cc1cc(C(C)n2c(C)c(C)c(C#N)c2N)c(C)s1. The maximum absolute atomic E-state index is 9.21. The van der Waals surface area contributed by atoms with Crippen molar-refractivity contribution < 1.29 is 0 Å². The quantitative estimate of drug-likeness (QED) is 0.903. The third-order valence-corrected chi connectivity index (χ3v) is 4.81. The van der Waals surface area contributed by atoms with E-state index in [2.05, 4.69) is 37.5 Å². The molecular formula is C15H19N3S. The van der Waals surface area contributed by atoms with Crippen LogP contribution < -0.4 is 5.73 Å². The second-order valence-electron chi connectivity index (χ2n) is 5.00. The molecule has 100 valence electrons. The Balaban J connectivity index is 2.60. The van der Waals surface area contributed by atoms with Gasteiger partial charge in [-0.2, -0.15) is 5.26 Å². The molecule has 0 aliphatic heterocycles. The summed E-state index contributed by atoms with van der Waals surface area (Å²) in [5.74, 6) is 0.577. The van der Waals surface area contributed by atoms with E-state index in [-0.39, 0.29) is 6.04 Å². The van der Waals surface area contributed by atoms with Gasteiger partial charge in [-0.25, -0.2) is 0 Å². The fraction of sp³-hybridized carbons (Fsp3) is 0.400. The van der Waals surface area contributed by atoms with Crippen LogP contribution in [0.2, 0.25) is 0 Å². The Morgan fingerprint density at radius 3 is 2.37 bits per heavy atom. The van der Waals surface area contributed by atoms with Gasteiger partial charge in [0.2, 0.25) is 0 Å². The summed E-state index contributed by atoms with van der Waals surface area (Å²) in [6.07, 6.45) is 0. The highest BCUT2D eigenvalue weighted by Gasteiger charge is 2.21. The number of hydrogen-bond acceptors (Lipinski definition) is 3. The molecule has 3 nitrogen and oxygen atoms in total. The Kier molecular flexibility index (Phi) is 3.42. The number of aromatic nitrogens is 1. The summed E-state index contributed by atoms with van der Waals surface area (Å²) >= 11 is 1.80. The van der Waals surface area contributed by atoms with Gasteiger partial charge in [0.15, 0.2) is 0 Å². The summed E-state index contributed by atoms with van der Waals surface area (Å²) in [7, 11) is 0. The van der Waals surface area contributed by atoms with E-state index in [0.29, 0.717) is 11.4 Å². The first kappa shape index (κ1) is 13.7. The number of nitrogens with two attached hydrogens (primary N) is 1. The fourth-order valence-corrected chi connectivity index (χ4v) is 3.72. The first-order valence-corrected chi connectivity index (χ1v) is 7.14. The van der Waals surface area contributed by atoms with Gasteiger partial charge in [0.25, 0.3) is 0 Å². The molecule has 1 unspecified atom stereocenters. The van der Waals surface area contributed by atoms with Crippen LogP contribution in [0.4, 0.5) is 5.82 Å². The van der Waals surface area contributed by atoms with Crippen LogP contribution in [0.25, 0.3) is 0 Å². The van der Waals surface area contributed by atoms with E-state index in [9.17, 15) is 5.26 Å². The second-order valence-corrected chi connectivity index (χ2v) is 6.46. The molecule has 0 saturated carbocycles. The molecule has 2 rings (SSSR count). The number of anilines is 1. The summed E-state index contributed by atoms with van der Waals surface area (Å²) in [4.78, 5) is 2.62. The lowest BCUT2D eigenvalue weighted by atomic mass is 10.1. The minimum absolute atomic E-state index is 0.158. The van der Waals surface area contributed by atoms with Crippen LogP contribution in [0.3, 0.4) is 0 Å². The lowest BCUT2D eigenvalue weighted by Crippen LogP contribution is -2.12. The summed E-state index contributed by atoms with van der Waals surface area (Å²) in [5.41, 5.74) is 10.1. The van der Waals surface area contributed by atoms with Crippen LogP contribution in [0.15, 0.2) is 6.07 Å². The number of nitrogen functional groups attached to an aromatic ring is 1. The zero-order valence-electron chi connectivity index (χ0n) is 12.0. The molecule has 0 radical (unpaired) electrons. The summed E-state index contributed by atoms with van der Waals surface area (Å²) in [5, 5.41) is 9.21. The van der Waals surface area contributed by atoms with E-state index < -0.39 is 0 Å². The largest absolute Gasteiger partial charge is 0.384 e. The highest BCUT2D eigenvalue weighted by atomic mass is 32.1. The number of hydrogen-bond donors (Lipinski definition) is 1. The van der Waals surface area contributed by atoms with Crippen molar-refractivity contribution >= 4 is 17.2 Å². The van der Waals surface area contributed by atoms with Crippen LogP contribution >= 0.6 is 11.3 Å². The average Bonchev–Trinajstić information content (AvgIpc) is 2.78. The van der Waals surface area contributed by atoms with Gasteiger partial charge < -0.3 is 10.3 Å². The fourth-order valence-electron chi connectivity index (χ4n) is 2.70. The monoisotopic (exact) mass is 273 g/mol. The molecule has 0 saturated heterocycles. The van der Waals surface area contributed by atoms with Crippen LogP contribution in [0, 0.1) is 39.0 Å². The Labute approximate surface area is 118 Å². The van der Waals surface area contributed by atoms with Crippen molar-refractivity contribution in [2.45, 2.75) is 40.7 Å². The van der Waals surface area contributed by atoms with Crippen molar-refractivity contribution in [1.82, 2.24) is 4.57 Å². The zero-order chi connectivity index (χ0) is 14.3. The number of nitriles is 1. The number of nitrogens with zero attached hydrogens (tertiary/aromatic N) is 2. The highest BCUT2D eigenvalue weighted by Crippen LogP contribution is 2.34. The van der Waals surface area contributed by atoms with Crippen molar-refractivity contribution in [3.63, 3.8) is 0 Å². The van der Waals surface area contributed by atoms with Gasteiger partial charge in [-0.15, -0.1) is 11.3 Å². The van der Waals surface area contributed by atoms with Gasteiger partial charge in [0.05, 0.1) is 11.6 Å². The Hall–Kier alpha value is -1.73. The molecule has 4 heteroatoms. The van der Waals surface area contributed by atoms with Crippen LogP contribution in [-0.2, 0) is 0 Å². The average molecular weight is 273 g/mol. The molecular weight excluding hydrogens is 254 g/mol. The first-order valence-electron chi connectivity index (χ1n) is 6.32. The predicted molar refractivity (Wildman–Crippen MR) is 80.6 cm³/mol. The molecule has 0 aliphatic rings. The molecule has 19 heavy (non-hydrogen) atoms. The molecule has 2 aromatic heterocycles. The molecule has 0 bridgehead atoms. The van der Waals surface area contributed by atoms with E-state index in [1.165, 1.54) is 15.3 Å².